The van der Waals surface area contributed by atoms with E-state index in [0.717, 1.165) is 0 Å². The van der Waals surface area contributed by atoms with Gasteiger partial charge in [-0.1, -0.05) is 44.1 Å². The summed E-state index contributed by atoms with van der Waals surface area (Å²) in [4.78, 5) is 30.3. The molecule has 0 atom stereocenters. The Labute approximate surface area is 148 Å². The van der Waals surface area contributed by atoms with Gasteiger partial charge in [0.25, 0.3) is 0 Å². The zero-order valence-corrected chi connectivity index (χ0v) is 15.3. The van der Waals surface area contributed by atoms with Crippen molar-refractivity contribution in [3.05, 3.63) is 47.2 Å². The minimum atomic E-state index is -0.467. The molecule has 134 valence electrons. The van der Waals surface area contributed by atoms with Crippen molar-refractivity contribution in [1.29, 1.82) is 0 Å². The predicted molar refractivity (Wildman–Crippen MR) is 96.3 cm³/mol. The van der Waals surface area contributed by atoms with Gasteiger partial charge in [0.15, 0.2) is 5.78 Å². The largest absolute Gasteiger partial charge is 0.427 e. The maximum Gasteiger partial charge on any atom is 0.343 e. The Morgan fingerprint density at radius 1 is 1.16 bits per heavy atom. The monoisotopic (exact) mass is 343 g/mol. The van der Waals surface area contributed by atoms with Crippen molar-refractivity contribution in [1.82, 2.24) is 0 Å². The van der Waals surface area contributed by atoms with Gasteiger partial charge in [0.05, 0.1) is 16.8 Å². The van der Waals surface area contributed by atoms with Crippen LogP contribution in [-0.2, 0) is 14.4 Å². The Balaban J connectivity index is 2.42. The van der Waals surface area contributed by atoms with Gasteiger partial charge in [-0.3, -0.25) is 4.79 Å². The van der Waals surface area contributed by atoms with Crippen LogP contribution in [-0.4, -0.2) is 24.1 Å². The molecule has 25 heavy (non-hydrogen) atoms. The first-order valence-corrected chi connectivity index (χ1v) is 8.60. The van der Waals surface area contributed by atoms with Gasteiger partial charge in [-0.25, -0.2) is 4.79 Å². The summed E-state index contributed by atoms with van der Waals surface area (Å²) in [7, 11) is 0. The number of esters is 1. The summed E-state index contributed by atoms with van der Waals surface area (Å²) in [6.45, 7) is 8.12. The van der Waals surface area contributed by atoms with Gasteiger partial charge in [-0.2, -0.15) is 0 Å². The third kappa shape index (κ3) is 4.78. The third-order valence-corrected chi connectivity index (χ3v) is 3.99. The molecule has 0 unspecified atom stereocenters. The second-order valence-corrected chi connectivity index (χ2v) is 6.80. The van der Waals surface area contributed by atoms with Crippen molar-refractivity contribution < 1.29 is 19.2 Å². The number of rotatable bonds is 6. The molecule has 2 rings (SSSR count). The number of hydrogen-bond acceptors (Lipinski definition) is 5. The van der Waals surface area contributed by atoms with Crippen molar-refractivity contribution >= 4 is 17.5 Å². The Bertz CT molecular complexity index is 702. The molecule has 0 spiro atoms. The minimum absolute atomic E-state index is 0.0626. The molecular weight excluding hydrogens is 318 g/mol. The smallest absolute Gasteiger partial charge is 0.343 e. The lowest BCUT2D eigenvalue weighted by atomic mass is 9.75. The quantitative estimate of drug-likeness (QED) is 0.439. The maximum absolute atomic E-state index is 12.7. The lowest BCUT2D eigenvalue weighted by molar-refractivity contribution is -0.118. The molecule has 1 aliphatic rings. The Morgan fingerprint density at radius 2 is 1.84 bits per heavy atom. The van der Waals surface area contributed by atoms with Crippen molar-refractivity contribution in [3.8, 4) is 0 Å². The van der Waals surface area contributed by atoms with E-state index in [1.54, 1.807) is 24.3 Å². The van der Waals surface area contributed by atoms with Crippen LogP contribution in [0.5, 0.6) is 0 Å². The van der Waals surface area contributed by atoms with E-state index in [0.29, 0.717) is 48.5 Å². The van der Waals surface area contributed by atoms with E-state index in [-0.39, 0.29) is 11.2 Å². The lowest BCUT2D eigenvalue weighted by Crippen LogP contribution is -2.31. The van der Waals surface area contributed by atoms with E-state index < -0.39 is 5.97 Å². The minimum Gasteiger partial charge on any atom is -0.427 e. The number of Topliss-reactive ketones (excluding diaryl/α,β-unsaturated/α-hetero) is 1. The highest BCUT2D eigenvalue weighted by atomic mass is 16.6. The normalized spacial score (nSPS) is 17.4. The zero-order valence-electron chi connectivity index (χ0n) is 15.3. The Morgan fingerprint density at radius 3 is 2.44 bits per heavy atom. The molecule has 0 aromatic heterocycles. The molecular formula is C20H25NO4. The SMILES string of the molecule is CCO/N=C(/CC)C1=C(OC(=O)c2ccccc2)CC(C)(C)CC1=O. The highest BCUT2D eigenvalue weighted by molar-refractivity contribution is 6.23. The number of hydrogen-bond donors (Lipinski definition) is 0. The molecule has 0 amide bonds. The number of nitrogens with zero attached hydrogens (tertiary/aromatic N) is 1. The van der Waals surface area contributed by atoms with Crippen molar-refractivity contribution in [2.75, 3.05) is 6.61 Å². The highest BCUT2D eigenvalue weighted by Crippen LogP contribution is 2.38. The third-order valence-electron chi connectivity index (χ3n) is 3.99. The van der Waals surface area contributed by atoms with Gasteiger partial charge in [0.2, 0.25) is 0 Å². The standard InChI is InChI=1S/C20H25NO4/c1-5-15(21-24-6-2)18-16(22)12-20(3,4)13-17(18)25-19(23)14-10-8-7-9-11-14/h7-11H,5-6,12-13H2,1-4H3/b21-15-. The molecule has 5 heteroatoms. The molecule has 1 aromatic carbocycles. The second-order valence-electron chi connectivity index (χ2n) is 6.80. The van der Waals surface area contributed by atoms with E-state index >= 15 is 0 Å². The number of carbonyl (C=O) groups is 2. The molecule has 0 fully saturated rings. The van der Waals surface area contributed by atoms with Crippen LogP contribution in [0.15, 0.2) is 46.8 Å². The fraction of sp³-hybridized carbons (Fsp3) is 0.450. The van der Waals surface area contributed by atoms with Crippen molar-refractivity contribution in [2.45, 2.75) is 47.0 Å². The number of benzene rings is 1. The van der Waals surface area contributed by atoms with Gasteiger partial charge in [0, 0.05) is 12.8 Å². The van der Waals surface area contributed by atoms with Crippen molar-refractivity contribution in [2.24, 2.45) is 10.6 Å². The summed E-state index contributed by atoms with van der Waals surface area (Å²) >= 11 is 0. The second kappa shape index (κ2) is 8.10. The molecule has 0 saturated heterocycles. The van der Waals surface area contributed by atoms with E-state index in [1.807, 2.05) is 33.8 Å². The first-order valence-electron chi connectivity index (χ1n) is 8.60. The summed E-state index contributed by atoms with van der Waals surface area (Å²) in [5, 5.41) is 4.06. The fourth-order valence-electron chi connectivity index (χ4n) is 2.85. The summed E-state index contributed by atoms with van der Waals surface area (Å²) in [6, 6.07) is 8.76. The predicted octanol–water partition coefficient (Wildman–Crippen LogP) is 4.29. The van der Waals surface area contributed by atoms with Gasteiger partial charge in [-0.15, -0.1) is 0 Å². The number of ether oxygens (including phenoxy) is 1. The van der Waals surface area contributed by atoms with E-state index in [9.17, 15) is 9.59 Å². The molecule has 0 saturated carbocycles. The topological polar surface area (TPSA) is 65.0 Å². The van der Waals surface area contributed by atoms with Crippen LogP contribution in [0.25, 0.3) is 0 Å². The molecule has 5 nitrogen and oxygen atoms in total. The maximum atomic E-state index is 12.7. The van der Waals surface area contributed by atoms with Gasteiger partial charge in [0.1, 0.15) is 12.4 Å². The van der Waals surface area contributed by atoms with E-state index in [2.05, 4.69) is 5.16 Å². The number of ketones is 1. The Kier molecular flexibility index (Phi) is 6.12. The van der Waals surface area contributed by atoms with Gasteiger partial charge >= 0.3 is 5.97 Å². The fourth-order valence-corrected chi connectivity index (χ4v) is 2.85. The average molecular weight is 343 g/mol. The molecule has 0 aliphatic heterocycles. The molecule has 1 aliphatic carbocycles. The summed E-state index contributed by atoms with van der Waals surface area (Å²) in [5.74, 6) is -0.145. The summed E-state index contributed by atoms with van der Waals surface area (Å²) in [5.41, 5.74) is 1.10. The van der Waals surface area contributed by atoms with Crippen LogP contribution in [0.2, 0.25) is 0 Å². The van der Waals surface area contributed by atoms with Crippen LogP contribution in [0.4, 0.5) is 0 Å². The average Bonchev–Trinajstić information content (AvgIpc) is 2.57. The van der Waals surface area contributed by atoms with Crippen LogP contribution >= 0.6 is 0 Å². The molecule has 0 bridgehead atoms. The van der Waals surface area contributed by atoms with Crippen molar-refractivity contribution in [3.63, 3.8) is 0 Å². The highest BCUT2D eigenvalue weighted by Gasteiger charge is 2.37. The number of allylic oxidation sites excluding steroid dienone is 2. The summed E-state index contributed by atoms with van der Waals surface area (Å²) < 4.78 is 5.64. The number of oxime groups is 1. The van der Waals surface area contributed by atoms with Crippen LogP contribution in [0.3, 0.4) is 0 Å². The first-order chi connectivity index (χ1) is 11.9. The zero-order chi connectivity index (χ0) is 18.4. The van der Waals surface area contributed by atoms with Crippen LogP contribution in [0.1, 0.15) is 57.3 Å². The summed E-state index contributed by atoms with van der Waals surface area (Å²) in [6.07, 6.45) is 1.41. The van der Waals surface area contributed by atoms with Gasteiger partial charge in [-0.05, 0) is 30.9 Å². The molecule has 0 heterocycles. The van der Waals surface area contributed by atoms with Crippen LogP contribution in [0, 0.1) is 5.41 Å². The lowest BCUT2D eigenvalue weighted by Gasteiger charge is -2.31. The van der Waals surface area contributed by atoms with Crippen LogP contribution < -0.4 is 0 Å². The first kappa shape index (κ1) is 18.9. The molecule has 0 radical (unpaired) electrons. The van der Waals surface area contributed by atoms with E-state index in [4.69, 9.17) is 9.57 Å². The molecule has 1 aromatic rings. The number of carbonyl (C=O) groups excluding carboxylic acids is 2. The van der Waals surface area contributed by atoms with E-state index in [1.165, 1.54) is 0 Å². The van der Waals surface area contributed by atoms with Gasteiger partial charge < -0.3 is 9.57 Å². The molecule has 0 N–H and O–H groups in total. The Hall–Kier alpha value is -2.43.